The van der Waals surface area contributed by atoms with E-state index in [4.69, 9.17) is 13.0 Å². The molecule has 0 aromatic rings. The number of unbranched alkanes of at least 4 members (excludes halogenated alkanes) is 5. The fraction of sp³-hybridized carbons (Fsp3) is 1.00. The van der Waals surface area contributed by atoms with Gasteiger partial charge in [-0.05, 0) is 0 Å². The first kappa shape index (κ1) is 18.1. The summed E-state index contributed by atoms with van der Waals surface area (Å²) in [5, 5.41) is 0. The molecule has 0 aromatic heterocycles. The summed E-state index contributed by atoms with van der Waals surface area (Å²) in [6.45, 7) is 4.51. The summed E-state index contributed by atoms with van der Waals surface area (Å²) in [5.41, 5.74) is -5.53. The highest BCUT2D eigenvalue weighted by Crippen LogP contribution is 2.20. The van der Waals surface area contributed by atoms with E-state index in [1.165, 1.54) is 38.5 Å². The highest BCUT2D eigenvalue weighted by atomic mass is 32.2. The van der Waals surface area contributed by atoms with Crippen LogP contribution in [0.5, 0.6) is 0 Å². The van der Waals surface area contributed by atoms with E-state index in [1.807, 2.05) is 0 Å². The molecule has 7 heteroatoms. The van der Waals surface area contributed by atoms with Gasteiger partial charge in [-0.2, -0.15) is 21.6 Å². The first-order chi connectivity index (χ1) is 7.16. The Morgan fingerprint density at radius 3 is 1.31 bits per heavy atom. The third-order valence-corrected chi connectivity index (χ3v) is 2.33. The molecule has 0 bridgehead atoms. The summed E-state index contributed by atoms with van der Waals surface area (Å²) in [5.74, 6) is 0. The van der Waals surface area contributed by atoms with Gasteiger partial charge in [0.15, 0.2) is 0 Å². The molecule has 1 N–H and O–H groups in total. The molecule has 3 nitrogen and oxygen atoms in total. The van der Waals surface area contributed by atoms with E-state index in [0.29, 0.717) is 0 Å². The molecule has 0 unspecified atom stereocenters. The lowest BCUT2D eigenvalue weighted by Crippen LogP contribution is -2.21. The van der Waals surface area contributed by atoms with Gasteiger partial charge in [0.2, 0.25) is 0 Å². The Labute approximate surface area is 94.8 Å². The molecule has 0 radical (unpaired) electrons. The van der Waals surface area contributed by atoms with Gasteiger partial charge >= 0.3 is 15.6 Å². The lowest BCUT2D eigenvalue weighted by molar-refractivity contribution is -0.0510. The Morgan fingerprint density at radius 2 is 1.19 bits per heavy atom. The van der Waals surface area contributed by atoms with E-state index in [0.717, 1.165) is 0 Å². The van der Waals surface area contributed by atoms with Gasteiger partial charge in [-0.25, -0.2) is 0 Å². The van der Waals surface area contributed by atoms with Crippen molar-refractivity contribution in [3.63, 3.8) is 0 Å². The second-order valence-corrected chi connectivity index (χ2v) is 4.75. The molecule has 0 aliphatic heterocycles. The Morgan fingerprint density at radius 1 is 0.938 bits per heavy atom. The number of alkyl halides is 3. The summed E-state index contributed by atoms with van der Waals surface area (Å²) < 4.78 is 57.5. The normalized spacial score (nSPS) is 11.9. The van der Waals surface area contributed by atoms with E-state index in [2.05, 4.69) is 13.8 Å². The zero-order chi connectivity index (χ0) is 13.2. The minimum absolute atomic E-state index is 1.36. The van der Waals surface area contributed by atoms with Crippen molar-refractivity contribution in [1.29, 1.82) is 0 Å². The van der Waals surface area contributed by atoms with Crippen molar-refractivity contribution >= 4 is 10.1 Å². The maximum Gasteiger partial charge on any atom is 0.522 e. The Bertz CT molecular complexity index is 241. The number of halogens is 3. The van der Waals surface area contributed by atoms with E-state index < -0.39 is 15.6 Å². The van der Waals surface area contributed by atoms with Crippen LogP contribution in [0.25, 0.3) is 0 Å². The topological polar surface area (TPSA) is 54.4 Å². The van der Waals surface area contributed by atoms with Gasteiger partial charge in [0.05, 0.1) is 0 Å². The van der Waals surface area contributed by atoms with Crippen molar-refractivity contribution in [3.05, 3.63) is 0 Å². The van der Waals surface area contributed by atoms with Gasteiger partial charge in [0.1, 0.15) is 0 Å². The molecule has 16 heavy (non-hydrogen) atoms. The molecule has 0 atom stereocenters. The Balaban J connectivity index is 0. The first-order valence-corrected chi connectivity index (χ1v) is 6.64. The van der Waals surface area contributed by atoms with Crippen LogP contribution in [0.15, 0.2) is 0 Å². The van der Waals surface area contributed by atoms with Crippen molar-refractivity contribution in [1.82, 2.24) is 0 Å². The van der Waals surface area contributed by atoms with Crippen LogP contribution in [0.4, 0.5) is 13.2 Å². The van der Waals surface area contributed by atoms with Gasteiger partial charge < -0.3 is 0 Å². The Hall–Kier alpha value is -0.300. The highest BCUT2D eigenvalue weighted by molar-refractivity contribution is 7.86. The van der Waals surface area contributed by atoms with Crippen molar-refractivity contribution < 1.29 is 26.1 Å². The molecule has 0 aliphatic carbocycles. The molecule has 0 amide bonds. The maximum atomic E-state index is 10.7. The second kappa shape index (κ2) is 8.81. The molecule has 100 valence electrons. The van der Waals surface area contributed by atoms with Crippen molar-refractivity contribution in [2.24, 2.45) is 0 Å². The summed E-state index contributed by atoms with van der Waals surface area (Å²) in [4.78, 5) is 0. The van der Waals surface area contributed by atoms with Crippen LogP contribution < -0.4 is 0 Å². The lowest BCUT2D eigenvalue weighted by Gasteiger charge is -1.97. The zero-order valence-corrected chi connectivity index (χ0v) is 10.4. The van der Waals surface area contributed by atoms with Crippen LogP contribution >= 0.6 is 0 Å². The predicted octanol–water partition coefficient (Wildman–Crippen LogP) is 3.76. The van der Waals surface area contributed by atoms with Gasteiger partial charge in [-0.15, -0.1) is 0 Å². The van der Waals surface area contributed by atoms with Crippen LogP contribution in [0.3, 0.4) is 0 Å². The molecular formula is C9H19F3O3S. The predicted molar refractivity (Wildman–Crippen MR) is 56.7 cm³/mol. The lowest BCUT2D eigenvalue weighted by atomic mass is 10.1. The standard InChI is InChI=1S/C8H18.CHF3O3S/c1-3-5-7-8-6-4-2;2-1(3,4)8(5,6)7/h3-8H2,1-2H3;(H,5,6,7). The molecule has 0 saturated heterocycles. The van der Waals surface area contributed by atoms with Gasteiger partial charge in [-0.1, -0.05) is 52.4 Å². The largest absolute Gasteiger partial charge is 0.522 e. The first-order valence-electron chi connectivity index (χ1n) is 5.20. The van der Waals surface area contributed by atoms with Crippen molar-refractivity contribution in [2.75, 3.05) is 0 Å². The second-order valence-electron chi connectivity index (χ2n) is 3.34. The molecule has 0 spiro atoms. The minimum atomic E-state index is -5.84. The maximum absolute atomic E-state index is 10.7. The van der Waals surface area contributed by atoms with Crippen molar-refractivity contribution in [2.45, 2.75) is 57.9 Å². The van der Waals surface area contributed by atoms with E-state index in [-0.39, 0.29) is 0 Å². The summed E-state index contributed by atoms with van der Waals surface area (Å²) >= 11 is 0. The summed E-state index contributed by atoms with van der Waals surface area (Å²) in [7, 11) is -5.84. The summed E-state index contributed by atoms with van der Waals surface area (Å²) in [6, 6.07) is 0. The monoisotopic (exact) mass is 264 g/mol. The number of hydrogen-bond donors (Lipinski definition) is 1. The summed E-state index contributed by atoms with van der Waals surface area (Å²) in [6.07, 6.45) is 8.49. The number of rotatable bonds is 5. The quantitative estimate of drug-likeness (QED) is 0.467. The van der Waals surface area contributed by atoms with Gasteiger partial charge in [0, 0.05) is 0 Å². The smallest absolute Gasteiger partial charge is 0.279 e. The molecule has 0 aromatic carbocycles. The third kappa shape index (κ3) is 11.8. The van der Waals surface area contributed by atoms with Crippen molar-refractivity contribution in [3.8, 4) is 0 Å². The molecule has 0 heterocycles. The minimum Gasteiger partial charge on any atom is -0.279 e. The van der Waals surface area contributed by atoms with Crippen LogP contribution in [0.2, 0.25) is 0 Å². The van der Waals surface area contributed by atoms with Gasteiger partial charge in [0.25, 0.3) is 0 Å². The molecular weight excluding hydrogens is 245 g/mol. The van der Waals surface area contributed by atoms with Crippen LogP contribution in [0, 0.1) is 0 Å². The van der Waals surface area contributed by atoms with Crippen LogP contribution in [-0.2, 0) is 10.1 Å². The SMILES string of the molecule is CCCCCCCC.O=S(=O)(O)C(F)(F)F. The Kier molecular flexibility index (Phi) is 9.95. The molecule has 0 fully saturated rings. The van der Waals surface area contributed by atoms with E-state index >= 15 is 0 Å². The average molecular weight is 264 g/mol. The number of hydrogen-bond acceptors (Lipinski definition) is 2. The van der Waals surface area contributed by atoms with E-state index in [9.17, 15) is 13.2 Å². The molecule has 0 aliphatic rings. The fourth-order valence-corrected chi connectivity index (χ4v) is 0.854. The third-order valence-electron chi connectivity index (χ3n) is 1.75. The molecule has 0 saturated carbocycles. The molecule has 0 rings (SSSR count). The van der Waals surface area contributed by atoms with E-state index in [1.54, 1.807) is 0 Å². The fourth-order valence-electron chi connectivity index (χ4n) is 0.854. The van der Waals surface area contributed by atoms with Gasteiger partial charge in [-0.3, -0.25) is 4.55 Å². The zero-order valence-electron chi connectivity index (χ0n) is 9.55. The average Bonchev–Trinajstić information content (AvgIpc) is 2.10. The highest BCUT2D eigenvalue weighted by Gasteiger charge is 2.44. The van der Waals surface area contributed by atoms with Crippen LogP contribution in [-0.4, -0.2) is 18.5 Å². The van der Waals surface area contributed by atoms with Crippen LogP contribution in [0.1, 0.15) is 52.4 Å².